The number of hydrogen-bond acceptors (Lipinski definition) is 6. The van der Waals surface area contributed by atoms with Crippen LogP contribution in [0.2, 0.25) is 0 Å². The summed E-state index contributed by atoms with van der Waals surface area (Å²) < 4.78 is 32.5. The minimum atomic E-state index is -2.54. The Morgan fingerprint density at radius 1 is 1.18 bits per heavy atom. The van der Waals surface area contributed by atoms with Crippen molar-refractivity contribution in [3.05, 3.63) is 52.3 Å². The van der Waals surface area contributed by atoms with Crippen molar-refractivity contribution >= 4 is 31.9 Å². The fourth-order valence-corrected chi connectivity index (χ4v) is 3.28. The van der Waals surface area contributed by atoms with Crippen LogP contribution < -0.4 is 10.6 Å². The molecule has 0 atom stereocenters. The van der Waals surface area contributed by atoms with Crippen molar-refractivity contribution < 1.29 is 37.5 Å². The average Bonchev–Trinajstić information content (AvgIpc) is 3.02. The van der Waals surface area contributed by atoms with E-state index in [-0.39, 0.29) is 47.9 Å². The molecule has 9 nitrogen and oxygen atoms in total. The number of halogens is 2. The molecule has 0 saturated heterocycles. The third-order valence-corrected chi connectivity index (χ3v) is 4.92. The second-order valence-electron chi connectivity index (χ2n) is 6.70. The zero-order chi connectivity index (χ0) is 25.4. The highest BCUT2D eigenvalue weighted by molar-refractivity contribution is 7.39. The third-order valence-electron chi connectivity index (χ3n) is 4.56. The summed E-state index contributed by atoms with van der Waals surface area (Å²) in [5.74, 6) is 2.37. The largest absolute Gasteiger partial charge is 0.338 e. The molecule has 2 aromatic rings. The minimum absolute atomic E-state index is 0.0159. The predicted molar refractivity (Wildman–Crippen MR) is 119 cm³/mol. The SMILES string of the molecule is C#CCn1c(C)c(C(=O)C(=O)NCC#CCOP(O)O)c(C)c1C(=O)Nc1ccc(F)c(F)c1. The number of amides is 2. The molecule has 0 aliphatic carbocycles. The third kappa shape index (κ3) is 6.47. The molecule has 1 aromatic carbocycles. The molecule has 178 valence electrons. The van der Waals surface area contributed by atoms with Gasteiger partial charge in [0, 0.05) is 17.4 Å². The van der Waals surface area contributed by atoms with Gasteiger partial charge in [0.1, 0.15) is 12.3 Å². The van der Waals surface area contributed by atoms with Crippen molar-refractivity contribution in [2.24, 2.45) is 0 Å². The zero-order valence-electron chi connectivity index (χ0n) is 18.1. The van der Waals surface area contributed by atoms with Crippen LogP contribution in [0.3, 0.4) is 0 Å². The lowest BCUT2D eigenvalue weighted by atomic mass is 10.0. The van der Waals surface area contributed by atoms with E-state index in [2.05, 4.69) is 32.9 Å². The highest BCUT2D eigenvalue weighted by Gasteiger charge is 2.29. The summed E-state index contributed by atoms with van der Waals surface area (Å²) in [4.78, 5) is 55.2. The maximum atomic E-state index is 13.5. The monoisotopic (exact) mass is 491 g/mol. The van der Waals surface area contributed by atoms with Crippen LogP contribution >= 0.6 is 8.60 Å². The van der Waals surface area contributed by atoms with Crippen molar-refractivity contribution in [3.63, 3.8) is 0 Å². The Hall–Kier alpha value is -3.60. The summed E-state index contributed by atoms with van der Waals surface area (Å²) in [6, 6.07) is 2.82. The van der Waals surface area contributed by atoms with E-state index in [0.29, 0.717) is 0 Å². The molecule has 0 unspecified atom stereocenters. The Morgan fingerprint density at radius 3 is 2.50 bits per heavy atom. The first-order valence-electron chi connectivity index (χ1n) is 9.57. The highest BCUT2D eigenvalue weighted by Crippen LogP contribution is 2.25. The number of carbonyl (C=O) groups excluding carboxylic acids is 3. The van der Waals surface area contributed by atoms with Crippen LogP contribution in [0.25, 0.3) is 0 Å². The van der Waals surface area contributed by atoms with Crippen molar-refractivity contribution in [2.45, 2.75) is 20.4 Å². The van der Waals surface area contributed by atoms with Gasteiger partial charge < -0.3 is 25.0 Å². The van der Waals surface area contributed by atoms with Crippen LogP contribution in [0.5, 0.6) is 0 Å². The molecule has 0 aliphatic heterocycles. The molecule has 0 spiro atoms. The van der Waals surface area contributed by atoms with Crippen LogP contribution in [0.1, 0.15) is 32.1 Å². The van der Waals surface area contributed by atoms with E-state index in [1.165, 1.54) is 24.5 Å². The molecule has 1 heterocycles. The molecule has 0 aliphatic rings. The summed E-state index contributed by atoms with van der Waals surface area (Å²) in [6.07, 6.45) is 5.39. The lowest BCUT2D eigenvalue weighted by molar-refractivity contribution is -0.116. The first-order valence-corrected chi connectivity index (χ1v) is 10.7. The van der Waals surface area contributed by atoms with Crippen molar-refractivity contribution in [2.75, 3.05) is 18.5 Å². The van der Waals surface area contributed by atoms with Gasteiger partial charge in [0.2, 0.25) is 0 Å². The molecule has 34 heavy (non-hydrogen) atoms. The Balaban J connectivity index is 2.27. The van der Waals surface area contributed by atoms with E-state index in [1.54, 1.807) is 0 Å². The van der Waals surface area contributed by atoms with E-state index in [4.69, 9.17) is 16.2 Å². The topological polar surface area (TPSA) is 130 Å². The highest BCUT2D eigenvalue weighted by atomic mass is 31.2. The molecular formula is C22H20F2N3O6P. The van der Waals surface area contributed by atoms with E-state index < -0.39 is 37.8 Å². The van der Waals surface area contributed by atoms with Crippen molar-refractivity contribution in [3.8, 4) is 24.2 Å². The Kier molecular flexibility index (Phi) is 9.43. The minimum Gasteiger partial charge on any atom is -0.338 e. The Morgan fingerprint density at radius 2 is 1.88 bits per heavy atom. The number of nitrogens with one attached hydrogen (secondary N) is 2. The van der Waals surface area contributed by atoms with Gasteiger partial charge in [-0.3, -0.25) is 18.9 Å². The number of aromatic nitrogens is 1. The summed E-state index contributed by atoms with van der Waals surface area (Å²) in [5.41, 5.74) is 0.373. The molecule has 0 saturated carbocycles. The molecule has 0 fully saturated rings. The van der Waals surface area contributed by atoms with E-state index in [9.17, 15) is 23.2 Å². The summed E-state index contributed by atoms with van der Waals surface area (Å²) in [6.45, 7) is 2.39. The molecule has 2 amide bonds. The number of terminal acetylenes is 1. The number of rotatable bonds is 8. The number of carbonyl (C=O) groups is 3. The summed E-state index contributed by atoms with van der Waals surface area (Å²) in [7, 11) is -2.54. The first-order chi connectivity index (χ1) is 16.1. The van der Waals surface area contributed by atoms with Crippen molar-refractivity contribution in [1.29, 1.82) is 0 Å². The molecule has 0 radical (unpaired) electrons. The zero-order valence-corrected chi connectivity index (χ0v) is 19.0. The number of Topliss-reactive ketones (excluding diaryl/α,β-unsaturated/α-hetero) is 1. The maximum absolute atomic E-state index is 13.5. The first kappa shape index (κ1) is 26.7. The average molecular weight is 491 g/mol. The molecule has 4 N–H and O–H groups in total. The molecule has 2 rings (SSSR count). The lowest BCUT2D eigenvalue weighted by Crippen LogP contribution is -2.32. The number of nitrogens with zero attached hydrogens (tertiary/aromatic N) is 1. The maximum Gasteiger partial charge on any atom is 0.327 e. The van der Waals surface area contributed by atoms with E-state index >= 15 is 0 Å². The van der Waals surface area contributed by atoms with Crippen LogP contribution in [-0.4, -0.2) is 45.1 Å². The normalized spacial score (nSPS) is 10.3. The standard InChI is InChI=1S/C22H20F2N3O6P/c1-4-10-27-14(3)18(20(28)22(30)25-9-5-6-11-33-34(31)32)13(2)19(27)21(29)26-15-7-8-16(23)17(24)12-15/h1,7-8,12,31-32H,9-11H2,2-3H3,(H,25,30)(H,26,29). The van der Waals surface area contributed by atoms with Crippen LogP contribution in [0.15, 0.2) is 18.2 Å². The van der Waals surface area contributed by atoms with Crippen LogP contribution in [-0.2, 0) is 15.9 Å². The van der Waals surface area contributed by atoms with E-state index in [0.717, 1.165) is 12.1 Å². The Bertz CT molecular complexity index is 1220. The van der Waals surface area contributed by atoms with Gasteiger partial charge in [-0.1, -0.05) is 17.8 Å². The fourth-order valence-electron chi connectivity index (χ4n) is 3.10. The summed E-state index contributed by atoms with van der Waals surface area (Å²) in [5, 5.41) is 4.73. The number of anilines is 1. The van der Waals surface area contributed by atoms with Gasteiger partial charge in [0.05, 0.1) is 18.7 Å². The Labute approximate surface area is 195 Å². The van der Waals surface area contributed by atoms with Gasteiger partial charge in [0.15, 0.2) is 11.6 Å². The second kappa shape index (κ2) is 12.0. The summed E-state index contributed by atoms with van der Waals surface area (Å²) >= 11 is 0. The van der Waals surface area contributed by atoms with Gasteiger partial charge in [-0.25, -0.2) is 8.78 Å². The predicted octanol–water partition coefficient (Wildman–Crippen LogP) is 1.80. The van der Waals surface area contributed by atoms with E-state index in [1.807, 2.05) is 0 Å². The van der Waals surface area contributed by atoms with Crippen LogP contribution in [0, 0.1) is 49.7 Å². The second-order valence-corrected chi connectivity index (χ2v) is 7.46. The smallest absolute Gasteiger partial charge is 0.327 e. The molecule has 12 heteroatoms. The number of hydrogen-bond donors (Lipinski definition) is 4. The van der Waals surface area contributed by atoms with Crippen LogP contribution in [0.4, 0.5) is 14.5 Å². The number of ketones is 1. The van der Waals surface area contributed by atoms with Gasteiger partial charge in [-0.05, 0) is 31.5 Å². The fraction of sp³-hybridized carbons (Fsp3) is 0.227. The quantitative estimate of drug-likeness (QED) is 0.193. The van der Waals surface area contributed by atoms with Gasteiger partial charge >= 0.3 is 8.60 Å². The molecule has 1 aromatic heterocycles. The molecule has 0 bridgehead atoms. The number of benzene rings is 1. The molecular weight excluding hydrogens is 471 g/mol. The van der Waals surface area contributed by atoms with Gasteiger partial charge in [-0.2, -0.15) is 0 Å². The van der Waals surface area contributed by atoms with Crippen molar-refractivity contribution in [1.82, 2.24) is 9.88 Å². The van der Waals surface area contributed by atoms with Gasteiger partial charge in [0.25, 0.3) is 17.6 Å². The lowest BCUT2D eigenvalue weighted by Gasteiger charge is -2.10. The van der Waals surface area contributed by atoms with Gasteiger partial charge in [-0.15, -0.1) is 6.42 Å².